The van der Waals surface area contributed by atoms with Crippen LogP contribution in [0.4, 0.5) is 24.5 Å². The van der Waals surface area contributed by atoms with Gasteiger partial charge in [0, 0.05) is 11.1 Å². The van der Waals surface area contributed by atoms with E-state index in [1.807, 2.05) is 0 Å². The number of alkyl halides is 3. The number of piperidine rings is 1. The number of rotatable bonds is 6. The molecular weight excluding hydrogens is 429 g/mol. The maximum absolute atomic E-state index is 12.6. The van der Waals surface area contributed by atoms with E-state index < -0.39 is 28.0 Å². The Balaban J connectivity index is 1.60. The highest BCUT2D eigenvalue weighted by molar-refractivity contribution is 7.93. The van der Waals surface area contributed by atoms with Gasteiger partial charge in [-0.15, -0.1) is 0 Å². The van der Waals surface area contributed by atoms with Gasteiger partial charge >= 0.3 is 6.18 Å². The number of carbonyl (C=O) groups is 1. The Kier molecular flexibility index (Phi) is 6.44. The number of aromatic nitrogens is 1. The zero-order valence-corrected chi connectivity index (χ0v) is 16.8. The molecule has 0 unspecified atom stereocenters. The summed E-state index contributed by atoms with van der Waals surface area (Å²) < 4.78 is 69.0. The first-order valence-corrected chi connectivity index (χ1v) is 11.1. The van der Waals surface area contributed by atoms with Crippen molar-refractivity contribution in [2.24, 2.45) is 0 Å². The van der Waals surface area contributed by atoms with Crippen LogP contribution < -0.4 is 10.0 Å². The molecule has 0 bridgehead atoms. The van der Waals surface area contributed by atoms with Crippen molar-refractivity contribution in [2.45, 2.75) is 24.3 Å². The molecule has 158 valence electrons. The number of hydrogen-bond donors (Lipinski definition) is 2. The molecule has 0 radical (unpaired) electrons. The van der Waals surface area contributed by atoms with Crippen LogP contribution in [0.1, 0.15) is 23.2 Å². The van der Waals surface area contributed by atoms with Crippen molar-refractivity contribution in [3.8, 4) is 0 Å². The van der Waals surface area contributed by atoms with Gasteiger partial charge in [0.05, 0.1) is 29.2 Å². The van der Waals surface area contributed by atoms with Crippen molar-refractivity contribution in [1.29, 1.82) is 0 Å². The number of nitrogens with one attached hydrogen (secondary N) is 2. The van der Waals surface area contributed by atoms with Gasteiger partial charge in [-0.2, -0.15) is 13.2 Å². The maximum Gasteiger partial charge on any atom is 0.401 e. The van der Waals surface area contributed by atoms with Crippen LogP contribution in [0.3, 0.4) is 0 Å². The van der Waals surface area contributed by atoms with E-state index in [1.54, 1.807) is 17.5 Å². The Morgan fingerprint density at radius 2 is 1.93 bits per heavy atom. The van der Waals surface area contributed by atoms with Crippen LogP contribution in [-0.2, 0) is 10.0 Å². The number of likely N-dealkylation sites (tertiary alicyclic amines) is 1. The third kappa shape index (κ3) is 6.15. The van der Waals surface area contributed by atoms with Crippen LogP contribution in [0.2, 0.25) is 0 Å². The highest BCUT2D eigenvalue weighted by atomic mass is 32.2. The molecule has 2 heterocycles. The van der Waals surface area contributed by atoms with Gasteiger partial charge in [-0.05, 0) is 55.7 Å². The van der Waals surface area contributed by atoms with E-state index in [-0.39, 0.29) is 37.5 Å². The molecule has 1 fully saturated rings. The molecule has 1 saturated heterocycles. The molecule has 0 aliphatic carbocycles. The fourth-order valence-electron chi connectivity index (χ4n) is 3.06. The number of hydrogen-bond acceptors (Lipinski definition) is 6. The predicted octanol–water partition coefficient (Wildman–Crippen LogP) is 3.16. The molecule has 0 saturated carbocycles. The van der Waals surface area contributed by atoms with E-state index in [2.05, 4.69) is 14.4 Å². The minimum Gasteiger partial charge on any atom is -0.322 e. The van der Waals surface area contributed by atoms with Gasteiger partial charge in [-0.25, -0.2) is 12.8 Å². The first-order chi connectivity index (χ1) is 13.6. The quantitative estimate of drug-likeness (QED) is 0.708. The van der Waals surface area contributed by atoms with Gasteiger partial charge in [0.1, 0.15) is 0 Å². The van der Waals surface area contributed by atoms with E-state index >= 15 is 0 Å². The normalized spacial score (nSPS) is 16.5. The summed E-state index contributed by atoms with van der Waals surface area (Å²) in [5, 5.41) is 3.47. The van der Waals surface area contributed by atoms with Crippen molar-refractivity contribution < 1.29 is 26.4 Å². The number of nitrogens with zero attached hydrogens (tertiary/aromatic N) is 2. The lowest BCUT2D eigenvalue weighted by atomic mass is 10.1. The van der Waals surface area contributed by atoms with Crippen molar-refractivity contribution in [3.63, 3.8) is 0 Å². The van der Waals surface area contributed by atoms with Crippen LogP contribution in [0, 0.1) is 0 Å². The first-order valence-electron chi connectivity index (χ1n) is 8.74. The second kappa shape index (κ2) is 8.67. The van der Waals surface area contributed by atoms with E-state index in [1.165, 1.54) is 23.2 Å². The first kappa shape index (κ1) is 21.5. The standard InChI is InChI=1S/C17H19F3N4O3S2/c18-17(19,20)11-24-6-4-15(5-7-24)29(26,27)23-14-3-1-2-13(8-14)22-16(25)12-9-21-28-10-12/h1-3,8-10,15,23H,4-7,11H2,(H,22,25). The Morgan fingerprint density at radius 3 is 2.55 bits per heavy atom. The van der Waals surface area contributed by atoms with Gasteiger partial charge in [-0.3, -0.25) is 14.4 Å². The molecule has 2 N–H and O–H groups in total. The molecule has 1 aromatic carbocycles. The summed E-state index contributed by atoms with van der Waals surface area (Å²) in [7, 11) is -3.77. The molecule has 0 spiro atoms. The summed E-state index contributed by atoms with van der Waals surface area (Å²) in [6.07, 6.45) is -2.63. The third-order valence-electron chi connectivity index (χ3n) is 4.45. The number of amides is 1. The monoisotopic (exact) mass is 448 g/mol. The second-order valence-electron chi connectivity index (χ2n) is 6.69. The number of anilines is 2. The van der Waals surface area contributed by atoms with E-state index in [0.29, 0.717) is 11.3 Å². The highest BCUT2D eigenvalue weighted by Gasteiger charge is 2.35. The van der Waals surface area contributed by atoms with Gasteiger partial charge in [-0.1, -0.05) is 6.07 Å². The van der Waals surface area contributed by atoms with Crippen LogP contribution in [0.5, 0.6) is 0 Å². The molecule has 3 rings (SSSR count). The average Bonchev–Trinajstić information content (AvgIpc) is 3.15. The van der Waals surface area contributed by atoms with Crippen molar-refractivity contribution in [2.75, 3.05) is 29.7 Å². The summed E-state index contributed by atoms with van der Waals surface area (Å²) >= 11 is 1.14. The number of halogens is 3. The number of sulfonamides is 1. The van der Waals surface area contributed by atoms with E-state index in [9.17, 15) is 26.4 Å². The van der Waals surface area contributed by atoms with Crippen LogP contribution in [0.25, 0.3) is 0 Å². The second-order valence-corrected chi connectivity index (χ2v) is 9.30. The highest BCUT2D eigenvalue weighted by Crippen LogP contribution is 2.25. The van der Waals surface area contributed by atoms with Gasteiger partial charge < -0.3 is 5.32 Å². The zero-order chi connectivity index (χ0) is 21.1. The largest absolute Gasteiger partial charge is 0.401 e. The zero-order valence-electron chi connectivity index (χ0n) is 15.1. The van der Waals surface area contributed by atoms with Crippen molar-refractivity contribution >= 4 is 38.8 Å². The lowest BCUT2D eigenvalue weighted by Crippen LogP contribution is -2.44. The van der Waals surface area contributed by atoms with Gasteiger partial charge in [0.15, 0.2) is 0 Å². The summed E-state index contributed by atoms with van der Waals surface area (Å²) in [4.78, 5) is 13.3. The van der Waals surface area contributed by atoms with Crippen LogP contribution in [0.15, 0.2) is 35.8 Å². The molecular formula is C17H19F3N4O3S2. The summed E-state index contributed by atoms with van der Waals surface area (Å²) in [5.41, 5.74) is 1.07. The van der Waals surface area contributed by atoms with Gasteiger partial charge in [0.2, 0.25) is 10.0 Å². The Bertz CT molecular complexity index is 941. The lowest BCUT2D eigenvalue weighted by molar-refractivity contribution is -0.147. The lowest BCUT2D eigenvalue weighted by Gasteiger charge is -2.32. The molecule has 0 atom stereocenters. The fraction of sp³-hybridized carbons (Fsp3) is 0.412. The fourth-order valence-corrected chi connectivity index (χ4v) is 5.03. The minimum atomic E-state index is -4.30. The number of benzene rings is 1. The Labute approximate surface area is 170 Å². The van der Waals surface area contributed by atoms with Crippen LogP contribution in [-0.4, -0.2) is 54.7 Å². The van der Waals surface area contributed by atoms with Crippen molar-refractivity contribution in [3.05, 3.63) is 41.4 Å². The molecule has 1 aliphatic heterocycles. The molecule has 29 heavy (non-hydrogen) atoms. The van der Waals surface area contributed by atoms with Crippen molar-refractivity contribution in [1.82, 2.24) is 9.27 Å². The van der Waals surface area contributed by atoms with Gasteiger partial charge in [0.25, 0.3) is 5.91 Å². The topological polar surface area (TPSA) is 91.4 Å². The number of carbonyl (C=O) groups excluding carboxylic acids is 1. The average molecular weight is 448 g/mol. The maximum atomic E-state index is 12.6. The Morgan fingerprint density at radius 1 is 1.24 bits per heavy atom. The predicted molar refractivity (Wildman–Crippen MR) is 105 cm³/mol. The summed E-state index contributed by atoms with van der Waals surface area (Å²) in [6.45, 7) is -0.902. The SMILES string of the molecule is O=C(Nc1cccc(NS(=O)(=O)C2CCN(CC(F)(F)F)CC2)c1)c1cnsc1. The molecule has 1 aromatic heterocycles. The Hall–Kier alpha value is -2.18. The molecule has 12 heteroatoms. The third-order valence-corrected chi connectivity index (χ3v) is 6.91. The van der Waals surface area contributed by atoms with Crippen LogP contribution >= 0.6 is 11.5 Å². The minimum absolute atomic E-state index is 0.0653. The summed E-state index contributed by atoms with van der Waals surface area (Å²) in [5.74, 6) is -0.365. The molecule has 2 aromatic rings. The molecule has 1 aliphatic rings. The van der Waals surface area contributed by atoms with E-state index in [4.69, 9.17) is 0 Å². The summed E-state index contributed by atoms with van der Waals surface area (Å²) in [6, 6.07) is 6.22. The van der Waals surface area contributed by atoms with E-state index in [0.717, 1.165) is 11.5 Å². The molecule has 7 nitrogen and oxygen atoms in total. The molecule has 1 amide bonds. The smallest absolute Gasteiger partial charge is 0.322 e.